The van der Waals surface area contributed by atoms with E-state index in [9.17, 15) is 0 Å². The van der Waals surface area contributed by atoms with Crippen molar-refractivity contribution < 1.29 is 4.74 Å². The molecule has 0 atom stereocenters. The van der Waals surface area contributed by atoms with E-state index in [4.69, 9.17) is 19.7 Å². The molecule has 11 rings (SSSR count). The van der Waals surface area contributed by atoms with Crippen molar-refractivity contribution in [1.29, 1.82) is 0 Å². The van der Waals surface area contributed by atoms with Gasteiger partial charge in [0.2, 0.25) is 0 Å². The van der Waals surface area contributed by atoms with Crippen LogP contribution >= 0.6 is 0 Å². The van der Waals surface area contributed by atoms with E-state index in [1.54, 1.807) is 0 Å². The van der Waals surface area contributed by atoms with Gasteiger partial charge in [-0.1, -0.05) is 146 Å². The topological polar surface area (TPSA) is 60.8 Å². The maximum absolute atomic E-state index is 6.69. The molecular formula is C53H36N4O. The first-order chi connectivity index (χ1) is 28.6. The van der Waals surface area contributed by atoms with Crippen molar-refractivity contribution in [2.24, 2.45) is 0 Å². The summed E-state index contributed by atoms with van der Waals surface area (Å²) in [5, 5.41) is 0. The van der Waals surface area contributed by atoms with Gasteiger partial charge in [-0.25, -0.2) is 15.0 Å². The van der Waals surface area contributed by atoms with Gasteiger partial charge in [0.25, 0.3) is 0 Å². The second-order valence-corrected chi connectivity index (χ2v) is 15.1. The lowest BCUT2D eigenvalue weighted by Crippen LogP contribution is -2.32. The molecule has 0 unspecified atom stereocenters. The second kappa shape index (κ2) is 13.3. The van der Waals surface area contributed by atoms with E-state index in [1.807, 2.05) is 48.8 Å². The molecule has 274 valence electrons. The molecular weight excluding hydrogens is 709 g/mol. The van der Waals surface area contributed by atoms with Gasteiger partial charge in [0.05, 0.1) is 5.41 Å². The highest BCUT2D eigenvalue weighted by Crippen LogP contribution is 2.63. The van der Waals surface area contributed by atoms with Crippen molar-refractivity contribution in [2.75, 3.05) is 0 Å². The van der Waals surface area contributed by atoms with Crippen molar-refractivity contribution in [3.8, 4) is 79.0 Å². The van der Waals surface area contributed by atoms with Crippen LogP contribution in [0.1, 0.15) is 33.4 Å². The van der Waals surface area contributed by atoms with Gasteiger partial charge >= 0.3 is 0 Å². The summed E-state index contributed by atoms with van der Waals surface area (Å²) >= 11 is 0. The van der Waals surface area contributed by atoms with Crippen molar-refractivity contribution in [1.82, 2.24) is 19.9 Å². The minimum Gasteiger partial charge on any atom is -0.457 e. The zero-order valence-corrected chi connectivity index (χ0v) is 32.0. The highest BCUT2D eigenvalue weighted by atomic mass is 16.5. The molecule has 0 bridgehead atoms. The van der Waals surface area contributed by atoms with Gasteiger partial charge in [-0.05, 0) is 88.2 Å². The molecule has 2 aromatic heterocycles. The highest BCUT2D eigenvalue weighted by molar-refractivity contribution is 5.98. The van der Waals surface area contributed by atoms with Crippen LogP contribution < -0.4 is 4.74 Å². The Morgan fingerprint density at radius 2 is 0.931 bits per heavy atom. The lowest BCUT2D eigenvalue weighted by molar-refractivity contribution is 0.436. The van der Waals surface area contributed by atoms with E-state index in [1.165, 1.54) is 16.7 Å². The average molecular weight is 745 g/mol. The Morgan fingerprint density at radius 1 is 0.397 bits per heavy atom. The summed E-state index contributed by atoms with van der Waals surface area (Å²) < 4.78 is 6.69. The number of aryl methyl sites for hydroxylation is 1. The molecule has 0 saturated carbocycles. The van der Waals surface area contributed by atoms with Crippen molar-refractivity contribution >= 4 is 0 Å². The van der Waals surface area contributed by atoms with E-state index in [0.717, 1.165) is 78.3 Å². The minimum atomic E-state index is -0.677. The van der Waals surface area contributed by atoms with Gasteiger partial charge in [0.1, 0.15) is 11.5 Å². The molecule has 1 spiro atoms. The number of rotatable bonds is 5. The van der Waals surface area contributed by atoms with Crippen LogP contribution in [0.2, 0.25) is 0 Å². The minimum absolute atomic E-state index is 0.615. The van der Waals surface area contributed by atoms with Gasteiger partial charge < -0.3 is 4.74 Å². The number of nitrogens with zero attached hydrogens (tertiary/aromatic N) is 4. The Labute approximate surface area is 337 Å². The van der Waals surface area contributed by atoms with Crippen LogP contribution in [-0.4, -0.2) is 19.9 Å². The van der Waals surface area contributed by atoms with Crippen molar-refractivity contribution in [3.63, 3.8) is 0 Å². The number of benzene rings is 7. The largest absolute Gasteiger partial charge is 0.457 e. The zero-order valence-electron chi connectivity index (χ0n) is 32.0. The molecule has 3 heterocycles. The fourth-order valence-corrected chi connectivity index (χ4v) is 9.01. The maximum atomic E-state index is 6.69. The quantitative estimate of drug-likeness (QED) is 0.176. The molecule has 0 N–H and O–H groups in total. The zero-order chi connectivity index (χ0) is 38.8. The molecule has 9 aromatic rings. The number of para-hydroxylation sites is 2. The second-order valence-electron chi connectivity index (χ2n) is 15.1. The predicted octanol–water partition coefficient (Wildman–Crippen LogP) is 12.7. The Kier molecular flexibility index (Phi) is 7.76. The van der Waals surface area contributed by atoms with E-state index in [0.29, 0.717) is 17.5 Å². The van der Waals surface area contributed by atoms with Crippen LogP contribution in [0.15, 0.2) is 182 Å². The smallest absolute Gasteiger partial charge is 0.164 e. The lowest BCUT2D eigenvalue weighted by Gasteiger charge is -2.39. The van der Waals surface area contributed by atoms with Gasteiger partial charge in [0, 0.05) is 45.8 Å². The summed E-state index contributed by atoms with van der Waals surface area (Å²) in [4.78, 5) is 20.2. The molecule has 7 aromatic carbocycles. The Morgan fingerprint density at radius 3 is 1.57 bits per heavy atom. The van der Waals surface area contributed by atoms with E-state index in [2.05, 4.69) is 152 Å². The number of aromatic nitrogens is 4. The molecule has 1 aliphatic heterocycles. The van der Waals surface area contributed by atoms with Gasteiger partial charge in [-0.15, -0.1) is 0 Å². The van der Waals surface area contributed by atoms with Crippen LogP contribution in [-0.2, 0) is 5.41 Å². The molecule has 1 aliphatic carbocycles. The molecule has 58 heavy (non-hydrogen) atoms. The summed E-state index contributed by atoms with van der Waals surface area (Å²) in [6.45, 7) is 4.27. The summed E-state index contributed by atoms with van der Waals surface area (Å²) in [5.74, 6) is 3.56. The summed E-state index contributed by atoms with van der Waals surface area (Å²) in [6, 6.07) is 59.7. The maximum Gasteiger partial charge on any atom is 0.164 e. The summed E-state index contributed by atoms with van der Waals surface area (Å²) in [7, 11) is 0. The standard InChI is InChI=1S/C53H36N4O/c1-33-31-54-32-42(34(33)2)36-27-25-35(26-28-36)39-29-41(52-56-50(37-15-5-3-6-16-37)55-51(57-52)38-17-7-4-8-18-38)49-40-19-9-10-20-43(40)53(46(49)30-39)44-21-11-13-23-47(44)58-48-24-14-12-22-45(48)53/h3-32H,1-2H3. The molecule has 5 heteroatoms. The molecule has 0 amide bonds. The van der Waals surface area contributed by atoms with E-state index in [-0.39, 0.29) is 0 Å². The molecule has 0 fully saturated rings. The summed E-state index contributed by atoms with van der Waals surface area (Å²) in [6.07, 6.45) is 3.88. The third-order valence-corrected chi connectivity index (χ3v) is 11.9. The average Bonchev–Trinajstić information content (AvgIpc) is 3.58. The van der Waals surface area contributed by atoms with Crippen molar-refractivity contribution in [3.05, 3.63) is 216 Å². The number of hydrogen-bond donors (Lipinski definition) is 0. The molecule has 5 nitrogen and oxygen atoms in total. The first-order valence-corrected chi connectivity index (χ1v) is 19.6. The monoisotopic (exact) mass is 744 g/mol. The predicted molar refractivity (Wildman–Crippen MR) is 232 cm³/mol. The first-order valence-electron chi connectivity index (χ1n) is 19.6. The third kappa shape index (κ3) is 5.17. The van der Waals surface area contributed by atoms with Gasteiger partial charge in [-0.3, -0.25) is 4.98 Å². The van der Waals surface area contributed by atoms with E-state index < -0.39 is 5.41 Å². The van der Waals surface area contributed by atoms with Crippen LogP contribution in [0.5, 0.6) is 11.5 Å². The number of hydrogen-bond acceptors (Lipinski definition) is 5. The van der Waals surface area contributed by atoms with Crippen LogP contribution in [0.4, 0.5) is 0 Å². The third-order valence-electron chi connectivity index (χ3n) is 11.9. The Bertz CT molecular complexity index is 2950. The Hall–Kier alpha value is -7.50. The van der Waals surface area contributed by atoms with Crippen LogP contribution in [0.3, 0.4) is 0 Å². The Balaban J connectivity index is 1.24. The normalized spacial score (nSPS) is 12.9. The summed E-state index contributed by atoms with van der Waals surface area (Å²) in [5.41, 5.74) is 15.8. The number of ether oxygens (including phenoxy) is 1. The molecule has 2 aliphatic rings. The first kappa shape index (κ1) is 33.8. The fourth-order valence-electron chi connectivity index (χ4n) is 9.01. The number of fused-ring (bicyclic) bond motifs is 9. The number of pyridine rings is 1. The van der Waals surface area contributed by atoms with Gasteiger partial charge in [0.15, 0.2) is 17.5 Å². The van der Waals surface area contributed by atoms with Crippen LogP contribution in [0, 0.1) is 13.8 Å². The van der Waals surface area contributed by atoms with Crippen LogP contribution in [0.25, 0.3) is 67.5 Å². The van der Waals surface area contributed by atoms with Gasteiger partial charge in [-0.2, -0.15) is 0 Å². The van der Waals surface area contributed by atoms with E-state index >= 15 is 0 Å². The SMILES string of the molecule is Cc1cncc(-c2ccc(-c3cc(-c4nc(-c5ccccc5)nc(-c5ccccc5)n4)c4c(c3)C3(c5ccccc5Oc5ccccc53)c3ccccc3-4)cc2)c1C. The molecule has 0 saturated heterocycles. The highest BCUT2D eigenvalue weighted by Gasteiger charge is 2.52. The fraction of sp³-hybridized carbons (Fsp3) is 0.0566. The lowest BCUT2D eigenvalue weighted by atomic mass is 9.65. The van der Waals surface area contributed by atoms with Crippen molar-refractivity contribution in [2.45, 2.75) is 19.3 Å². The molecule has 0 radical (unpaired) electrons.